The zero-order valence-electron chi connectivity index (χ0n) is 10.6. The zero-order valence-corrected chi connectivity index (χ0v) is 12.1. The molecule has 0 saturated heterocycles. The van der Waals surface area contributed by atoms with E-state index in [2.05, 4.69) is 4.98 Å². The Kier molecular flexibility index (Phi) is 4.57. The van der Waals surface area contributed by atoms with Crippen molar-refractivity contribution in [3.8, 4) is 0 Å². The fourth-order valence-corrected chi connectivity index (χ4v) is 2.15. The Balaban J connectivity index is 2.41. The van der Waals surface area contributed by atoms with Crippen molar-refractivity contribution in [1.82, 2.24) is 4.98 Å². The van der Waals surface area contributed by atoms with Gasteiger partial charge in [0, 0.05) is 18.4 Å². The lowest BCUT2D eigenvalue weighted by Crippen LogP contribution is -2.31. The Labute approximate surface area is 125 Å². The lowest BCUT2D eigenvalue weighted by atomic mass is 10.2. The molecule has 2 rings (SSSR count). The zero-order chi connectivity index (χ0) is 14.7. The smallest absolute Gasteiger partial charge is 0.259 e. The molecule has 0 aliphatic carbocycles. The second kappa shape index (κ2) is 6.20. The molecular weight excluding hydrogens is 302 g/mol. The van der Waals surface area contributed by atoms with Crippen molar-refractivity contribution in [1.29, 1.82) is 0 Å². The van der Waals surface area contributed by atoms with Gasteiger partial charge in [0.1, 0.15) is 11.0 Å². The van der Waals surface area contributed by atoms with Crippen LogP contribution in [0.4, 0.5) is 10.1 Å². The van der Waals surface area contributed by atoms with Gasteiger partial charge in [0.25, 0.3) is 5.91 Å². The van der Waals surface area contributed by atoms with E-state index in [0.717, 1.165) is 0 Å². The largest absolute Gasteiger partial charge is 0.308 e. The van der Waals surface area contributed by atoms with Gasteiger partial charge in [-0.2, -0.15) is 0 Å². The minimum atomic E-state index is -0.410. The molecule has 2 aromatic rings. The molecule has 20 heavy (non-hydrogen) atoms. The van der Waals surface area contributed by atoms with Crippen LogP contribution < -0.4 is 4.90 Å². The second-order valence-electron chi connectivity index (χ2n) is 4.02. The number of amides is 1. The minimum Gasteiger partial charge on any atom is -0.308 e. The van der Waals surface area contributed by atoms with E-state index in [0.29, 0.717) is 12.2 Å². The molecule has 6 heteroatoms. The van der Waals surface area contributed by atoms with E-state index in [1.807, 2.05) is 0 Å². The number of benzene rings is 1. The van der Waals surface area contributed by atoms with Crippen LogP contribution in [0.1, 0.15) is 17.3 Å². The van der Waals surface area contributed by atoms with Gasteiger partial charge < -0.3 is 4.90 Å². The number of aromatic nitrogens is 1. The normalized spacial score (nSPS) is 10.4. The molecule has 0 N–H and O–H groups in total. The van der Waals surface area contributed by atoms with Crippen molar-refractivity contribution in [2.45, 2.75) is 6.92 Å². The maximum absolute atomic E-state index is 13.3. The van der Waals surface area contributed by atoms with E-state index in [1.165, 1.54) is 29.3 Å². The number of carbonyl (C=O) groups excluding carboxylic acids is 1. The SMILES string of the molecule is CCN(C(=O)c1cc(Cl)ncc1Cl)c1cccc(F)c1. The molecule has 1 amide bonds. The monoisotopic (exact) mass is 312 g/mol. The van der Waals surface area contributed by atoms with Crippen molar-refractivity contribution < 1.29 is 9.18 Å². The Morgan fingerprint density at radius 1 is 1.35 bits per heavy atom. The van der Waals surface area contributed by atoms with Crippen molar-refractivity contribution >= 4 is 34.8 Å². The summed E-state index contributed by atoms with van der Waals surface area (Å²) in [5, 5.41) is 0.377. The first-order chi connectivity index (χ1) is 9.52. The highest BCUT2D eigenvalue weighted by Crippen LogP contribution is 2.23. The first-order valence-corrected chi connectivity index (χ1v) is 6.67. The second-order valence-corrected chi connectivity index (χ2v) is 4.81. The summed E-state index contributed by atoms with van der Waals surface area (Å²) in [6.45, 7) is 2.16. The summed E-state index contributed by atoms with van der Waals surface area (Å²) >= 11 is 11.7. The van der Waals surface area contributed by atoms with Gasteiger partial charge in [0.15, 0.2) is 0 Å². The Morgan fingerprint density at radius 3 is 2.75 bits per heavy atom. The van der Waals surface area contributed by atoms with E-state index in [9.17, 15) is 9.18 Å². The van der Waals surface area contributed by atoms with Crippen molar-refractivity contribution in [2.24, 2.45) is 0 Å². The molecule has 104 valence electrons. The third-order valence-corrected chi connectivity index (χ3v) is 3.24. The lowest BCUT2D eigenvalue weighted by molar-refractivity contribution is 0.0988. The van der Waals surface area contributed by atoms with E-state index < -0.39 is 5.82 Å². The van der Waals surface area contributed by atoms with Gasteiger partial charge in [-0.1, -0.05) is 29.3 Å². The summed E-state index contributed by atoms with van der Waals surface area (Å²) in [6, 6.07) is 7.20. The summed E-state index contributed by atoms with van der Waals surface area (Å²) in [5.41, 5.74) is 0.694. The van der Waals surface area contributed by atoms with Crippen LogP contribution in [-0.2, 0) is 0 Å². The third-order valence-electron chi connectivity index (χ3n) is 2.73. The van der Waals surface area contributed by atoms with E-state index in [1.54, 1.807) is 19.1 Å². The average Bonchev–Trinajstić information content (AvgIpc) is 2.42. The predicted octanol–water partition coefficient (Wildman–Crippen LogP) is 4.19. The van der Waals surface area contributed by atoms with Crippen molar-refractivity contribution in [3.63, 3.8) is 0 Å². The lowest BCUT2D eigenvalue weighted by Gasteiger charge is -2.21. The maximum Gasteiger partial charge on any atom is 0.259 e. The molecule has 0 atom stereocenters. The quantitative estimate of drug-likeness (QED) is 0.796. The van der Waals surface area contributed by atoms with Crippen molar-refractivity contribution in [2.75, 3.05) is 11.4 Å². The standard InChI is InChI=1S/C14H11Cl2FN2O/c1-2-19(10-5-3-4-9(17)6-10)14(20)11-7-13(16)18-8-12(11)15/h3-8H,2H2,1H3. The highest BCUT2D eigenvalue weighted by molar-refractivity contribution is 6.35. The van der Waals surface area contributed by atoms with Gasteiger partial charge in [-0.05, 0) is 31.2 Å². The fraction of sp³-hybridized carbons (Fsp3) is 0.143. The van der Waals surface area contributed by atoms with E-state index >= 15 is 0 Å². The number of carbonyl (C=O) groups is 1. The fourth-order valence-electron chi connectivity index (χ4n) is 1.81. The molecule has 1 aromatic heterocycles. The van der Waals surface area contributed by atoms with Crippen molar-refractivity contribution in [3.05, 3.63) is 58.1 Å². The molecule has 0 bridgehead atoms. The molecule has 1 aromatic carbocycles. The van der Waals surface area contributed by atoms with Crippen LogP contribution in [0.5, 0.6) is 0 Å². The number of halogens is 3. The Bertz CT molecular complexity index is 649. The molecule has 0 aliphatic heterocycles. The molecule has 1 heterocycles. The van der Waals surface area contributed by atoms with Gasteiger partial charge in [-0.3, -0.25) is 4.79 Å². The number of anilines is 1. The number of rotatable bonds is 3. The Morgan fingerprint density at radius 2 is 2.10 bits per heavy atom. The van der Waals surface area contributed by atoms with Crippen LogP contribution in [-0.4, -0.2) is 17.4 Å². The number of pyridine rings is 1. The first-order valence-electron chi connectivity index (χ1n) is 5.91. The van der Waals surface area contributed by atoms with Gasteiger partial charge in [0.05, 0.1) is 10.6 Å². The van der Waals surface area contributed by atoms with Crippen LogP contribution in [0.3, 0.4) is 0 Å². The van der Waals surface area contributed by atoms with E-state index in [-0.39, 0.29) is 21.6 Å². The van der Waals surface area contributed by atoms with Crippen LogP contribution >= 0.6 is 23.2 Å². The van der Waals surface area contributed by atoms with Crippen LogP contribution in [0.25, 0.3) is 0 Å². The summed E-state index contributed by atoms with van der Waals surface area (Å²) in [6.07, 6.45) is 1.32. The number of nitrogens with zero attached hydrogens (tertiary/aromatic N) is 2. The summed E-state index contributed by atoms with van der Waals surface area (Å²) < 4.78 is 13.3. The molecule has 0 spiro atoms. The van der Waals surface area contributed by atoms with Crippen LogP contribution in [0.15, 0.2) is 36.5 Å². The van der Waals surface area contributed by atoms with Crippen LogP contribution in [0.2, 0.25) is 10.2 Å². The summed E-state index contributed by atoms with van der Waals surface area (Å²) in [5.74, 6) is -0.764. The first kappa shape index (κ1) is 14.8. The van der Waals surface area contributed by atoms with Gasteiger partial charge in [-0.15, -0.1) is 0 Å². The predicted molar refractivity (Wildman–Crippen MR) is 78.0 cm³/mol. The minimum absolute atomic E-state index is 0.174. The molecule has 0 saturated carbocycles. The summed E-state index contributed by atoms with van der Waals surface area (Å²) in [7, 11) is 0. The molecule has 0 aliphatic rings. The molecule has 0 fully saturated rings. The highest BCUT2D eigenvalue weighted by atomic mass is 35.5. The van der Waals surface area contributed by atoms with Gasteiger partial charge in [-0.25, -0.2) is 9.37 Å². The molecular formula is C14H11Cl2FN2O. The molecule has 0 radical (unpaired) electrons. The number of hydrogen-bond donors (Lipinski definition) is 0. The van der Waals surface area contributed by atoms with Gasteiger partial charge >= 0.3 is 0 Å². The van der Waals surface area contributed by atoms with Crippen LogP contribution in [0, 0.1) is 5.82 Å². The third kappa shape index (κ3) is 3.08. The number of hydrogen-bond acceptors (Lipinski definition) is 2. The summed E-state index contributed by atoms with van der Waals surface area (Å²) in [4.78, 5) is 17.7. The van der Waals surface area contributed by atoms with Gasteiger partial charge in [0.2, 0.25) is 0 Å². The molecule has 3 nitrogen and oxygen atoms in total. The average molecular weight is 313 g/mol. The highest BCUT2D eigenvalue weighted by Gasteiger charge is 2.19. The maximum atomic E-state index is 13.3. The molecule has 0 unspecified atom stereocenters. The topological polar surface area (TPSA) is 33.2 Å². The Hall–Kier alpha value is -1.65. The van der Waals surface area contributed by atoms with E-state index in [4.69, 9.17) is 23.2 Å².